The van der Waals surface area contributed by atoms with E-state index in [9.17, 15) is 4.89 Å². The van der Waals surface area contributed by atoms with Crippen LogP contribution in [0.1, 0.15) is 0 Å². The first-order chi connectivity index (χ1) is 9.15. The molecule has 0 spiro atoms. The van der Waals surface area contributed by atoms with E-state index in [2.05, 4.69) is 50.8 Å². The number of rotatable bonds is 5. The molecule has 2 aromatic rings. The molecule has 0 bridgehead atoms. The van der Waals surface area contributed by atoms with Gasteiger partial charge in [-0.1, -0.05) is 0 Å². The van der Waals surface area contributed by atoms with Crippen LogP contribution in [0, 0.1) is 0 Å². The Hall–Kier alpha value is -0.610. The van der Waals surface area contributed by atoms with Gasteiger partial charge >= 0.3 is 119 Å². The van der Waals surface area contributed by atoms with Crippen LogP contribution < -0.4 is 10.6 Å². The van der Waals surface area contributed by atoms with Gasteiger partial charge in [0.1, 0.15) is 0 Å². The summed E-state index contributed by atoms with van der Waals surface area (Å²) >= 11 is 0. The molecule has 2 aromatic carbocycles. The van der Waals surface area contributed by atoms with Crippen LogP contribution in [0.2, 0.25) is 0 Å². The summed E-state index contributed by atoms with van der Waals surface area (Å²) in [5, 5.41) is 2.55. The number of benzene rings is 2. The summed E-state index contributed by atoms with van der Waals surface area (Å²) in [7, 11) is -0.479. The third kappa shape index (κ3) is 3.69. The van der Waals surface area contributed by atoms with Crippen molar-refractivity contribution in [2.45, 2.75) is 0 Å². The van der Waals surface area contributed by atoms with Gasteiger partial charge in [-0.15, -0.1) is 0 Å². The van der Waals surface area contributed by atoms with Crippen LogP contribution in [0.25, 0.3) is 0 Å². The zero-order valence-electron chi connectivity index (χ0n) is 11.6. The zero-order valence-corrected chi connectivity index (χ0v) is 13.5. The average molecular weight is 288 g/mol. The van der Waals surface area contributed by atoms with E-state index in [0.29, 0.717) is 0 Å². The van der Waals surface area contributed by atoms with Crippen molar-refractivity contribution in [2.75, 3.05) is 12.6 Å². The van der Waals surface area contributed by atoms with Crippen molar-refractivity contribution in [2.24, 2.45) is 0 Å². The first kappa shape index (κ1) is 14.8. The minimum atomic E-state index is -2.32. The SMILES string of the molecule is BB[PH](O)(CP(C)c1ccccc1)c1ccccc1. The molecule has 2 rings (SSSR count). The van der Waals surface area contributed by atoms with E-state index in [1.54, 1.807) is 0 Å². The van der Waals surface area contributed by atoms with Crippen molar-refractivity contribution >= 4 is 40.5 Å². The number of hydrogen-bond donors (Lipinski definition) is 1. The van der Waals surface area contributed by atoms with Gasteiger partial charge in [-0.3, -0.25) is 0 Å². The molecule has 0 aromatic heterocycles. The molecular formula is C14H20B2OP2. The van der Waals surface area contributed by atoms with Crippen LogP contribution in [0.4, 0.5) is 0 Å². The third-order valence-electron chi connectivity index (χ3n) is 3.59. The summed E-state index contributed by atoms with van der Waals surface area (Å²) in [6, 6.07) is 20.8. The summed E-state index contributed by atoms with van der Waals surface area (Å²) < 4.78 is 0. The maximum atomic E-state index is 11.1. The van der Waals surface area contributed by atoms with Crippen molar-refractivity contribution in [3.63, 3.8) is 0 Å². The molecule has 19 heavy (non-hydrogen) atoms. The summed E-state index contributed by atoms with van der Waals surface area (Å²) in [5.41, 5.74) is 0. The van der Waals surface area contributed by atoms with Crippen molar-refractivity contribution < 1.29 is 4.89 Å². The van der Waals surface area contributed by atoms with Crippen LogP contribution in [0.5, 0.6) is 0 Å². The van der Waals surface area contributed by atoms with Crippen LogP contribution >= 0.6 is 15.3 Å². The average Bonchev–Trinajstić information content (AvgIpc) is 2.49. The van der Waals surface area contributed by atoms with Gasteiger partial charge in [-0.05, 0) is 0 Å². The fraction of sp³-hybridized carbons (Fsp3) is 0.143. The van der Waals surface area contributed by atoms with E-state index >= 15 is 0 Å². The van der Waals surface area contributed by atoms with Crippen LogP contribution in [0.3, 0.4) is 0 Å². The van der Waals surface area contributed by atoms with Crippen LogP contribution in [0.15, 0.2) is 60.7 Å². The first-order valence-electron chi connectivity index (χ1n) is 6.70. The summed E-state index contributed by atoms with van der Waals surface area (Å²) in [6.45, 7) is 3.16. The molecule has 0 aliphatic rings. The molecule has 5 heteroatoms. The molecule has 0 aliphatic heterocycles. The minimum absolute atomic E-state index is 0.281. The van der Waals surface area contributed by atoms with Gasteiger partial charge in [-0.2, -0.15) is 0 Å². The zero-order chi connectivity index (χ0) is 13.7. The molecule has 1 atom stereocenters. The Morgan fingerprint density at radius 3 is 2.11 bits per heavy atom. The standard InChI is InChI=1S/C14H20B2OP2/c1-18(13-8-4-2-5-9-13)12-19(17,16-15)14-10-6-3-7-11-14/h2-11,16-17,19H,12,15H2,1H3. The fourth-order valence-corrected chi connectivity index (χ4v) is 9.72. The molecule has 0 saturated carbocycles. The number of hydrogen-bond acceptors (Lipinski definition) is 1. The van der Waals surface area contributed by atoms with Gasteiger partial charge < -0.3 is 0 Å². The molecule has 1 nitrogen and oxygen atoms in total. The van der Waals surface area contributed by atoms with E-state index < -0.39 is 7.37 Å². The molecule has 0 saturated heterocycles. The van der Waals surface area contributed by atoms with Crippen LogP contribution in [-0.4, -0.2) is 32.1 Å². The molecule has 0 amide bonds. The summed E-state index contributed by atoms with van der Waals surface area (Å²) in [6.07, 6.45) is 0. The molecule has 0 fully saturated rings. The topological polar surface area (TPSA) is 20.2 Å². The Bertz CT molecular complexity index is 509. The molecule has 0 heterocycles. The van der Waals surface area contributed by atoms with E-state index in [-0.39, 0.29) is 7.92 Å². The Kier molecular flexibility index (Phi) is 5.22. The van der Waals surface area contributed by atoms with E-state index in [0.717, 1.165) is 12.8 Å². The Morgan fingerprint density at radius 2 is 1.58 bits per heavy atom. The second-order valence-corrected chi connectivity index (χ2v) is 11.5. The molecule has 1 N–H and O–H groups in total. The van der Waals surface area contributed by atoms with E-state index in [1.165, 1.54) is 10.6 Å². The molecular weight excluding hydrogens is 268 g/mol. The van der Waals surface area contributed by atoms with E-state index in [4.69, 9.17) is 0 Å². The van der Waals surface area contributed by atoms with Gasteiger partial charge in [0.05, 0.1) is 0 Å². The fourth-order valence-electron chi connectivity index (χ4n) is 2.32. The van der Waals surface area contributed by atoms with Crippen molar-refractivity contribution in [1.82, 2.24) is 0 Å². The van der Waals surface area contributed by atoms with Gasteiger partial charge in [-0.25, -0.2) is 0 Å². The molecule has 98 valence electrons. The summed E-state index contributed by atoms with van der Waals surface area (Å²) in [4.78, 5) is 11.1. The van der Waals surface area contributed by atoms with Gasteiger partial charge in [0.25, 0.3) is 0 Å². The van der Waals surface area contributed by atoms with Crippen molar-refractivity contribution in [3.05, 3.63) is 60.7 Å². The normalized spacial score (nSPS) is 13.8. The van der Waals surface area contributed by atoms with Crippen molar-refractivity contribution in [3.8, 4) is 0 Å². The van der Waals surface area contributed by atoms with Crippen molar-refractivity contribution in [1.29, 1.82) is 0 Å². The monoisotopic (exact) mass is 288 g/mol. The predicted molar refractivity (Wildman–Crippen MR) is 96.1 cm³/mol. The molecule has 1 unspecified atom stereocenters. The predicted octanol–water partition coefficient (Wildman–Crippen LogP) is 1.26. The third-order valence-corrected chi connectivity index (χ3v) is 11.3. The van der Waals surface area contributed by atoms with Gasteiger partial charge in [0, 0.05) is 0 Å². The Balaban J connectivity index is 2.20. The molecule has 0 aliphatic carbocycles. The Labute approximate surface area is 119 Å². The first-order valence-corrected chi connectivity index (χ1v) is 11.0. The second-order valence-electron chi connectivity index (χ2n) is 4.94. The second kappa shape index (κ2) is 6.71. The van der Waals surface area contributed by atoms with E-state index in [1.807, 2.05) is 24.3 Å². The van der Waals surface area contributed by atoms with Crippen LogP contribution in [-0.2, 0) is 0 Å². The molecule has 0 radical (unpaired) electrons. The summed E-state index contributed by atoms with van der Waals surface area (Å²) in [5.74, 6) is 0.951. The van der Waals surface area contributed by atoms with Gasteiger partial charge in [0.15, 0.2) is 0 Å². The quantitative estimate of drug-likeness (QED) is 0.649. The maximum absolute atomic E-state index is 11.1. The van der Waals surface area contributed by atoms with Gasteiger partial charge in [0.2, 0.25) is 0 Å². The Morgan fingerprint density at radius 1 is 1.05 bits per heavy atom.